The standard InChI is InChI=1S/C21H17NO2/c1-14(23)24-21-11-10-15-6-2-3-7-17(15)19(21)12-16-13-22-20-9-5-4-8-18(16)20/h2-11,13,22H,12H2,1H3. The van der Waals surface area contributed by atoms with E-state index in [0.29, 0.717) is 12.2 Å². The van der Waals surface area contributed by atoms with E-state index in [-0.39, 0.29) is 5.97 Å². The molecule has 1 heterocycles. The Hall–Kier alpha value is -3.07. The predicted octanol–water partition coefficient (Wildman–Crippen LogP) is 4.84. The van der Waals surface area contributed by atoms with Crippen LogP contribution >= 0.6 is 0 Å². The minimum absolute atomic E-state index is 0.301. The van der Waals surface area contributed by atoms with Crippen molar-refractivity contribution in [3.63, 3.8) is 0 Å². The van der Waals surface area contributed by atoms with Crippen molar-refractivity contribution in [1.29, 1.82) is 0 Å². The zero-order valence-electron chi connectivity index (χ0n) is 13.4. The molecule has 3 aromatic carbocycles. The SMILES string of the molecule is CC(=O)Oc1ccc2ccccc2c1Cc1c[nH]c2ccccc12. The van der Waals surface area contributed by atoms with E-state index >= 15 is 0 Å². The van der Waals surface area contributed by atoms with Crippen LogP contribution in [0, 0.1) is 0 Å². The molecule has 0 atom stereocenters. The van der Waals surface area contributed by atoms with Gasteiger partial charge in [-0.3, -0.25) is 4.79 Å². The number of nitrogens with one attached hydrogen (secondary N) is 1. The molecule has 0 bridgehead atoms. The highest BCUT2D eigenvalue weighted by molar-refractivity contribution is 5.90. The lowest BCUT2D eigenvalue weighted by Crippen LogP contribution is -2.04. The number of para-hydroxylation sites is 1. The van der Waals surface area contributed by atoms with Gasteiger partial charge in [0.05, 0.1) is 0 Å². The van der Waals surface area contributed by atoms with Gasteiger partial charge in [0.15, 0.2) is 0 Å². The summed E-state index contributed by atoms with van der Waals surface area (Å²) in [6, 6.07) is 20.3. The first kappa shape index (κ1) is 14.5. The van der Waals surface area contributed by atoms with Gasteiger partial charge in [-0.05, 0) is 28.5 Å². The fourth-order valence-electron chi connectivity index (χ4n) is 3.22. The second-order valence-electron chi connectivity index (χ2n) is 5.89. The second-order valence-corrected chi connectivity index (χ2v) is 5.89. The number of aromatic amines is 1. The van der Waals surface area contributed by atoms with Crippen molar-refractivity contribution < 1.29 is 9.53 Å². The maximum Gasteiger partial charge on any atom is 0.308 e. The monoisotopic (exact) mass is 315 g/mol. The number of hydrogen-bond acceptors (Lipinski definition) is 2. The lowest BCUT2D eigenvalue weighted by atomic mass is 9.97. The Morgan fingerprint density at radius 3 is 2.54 bits per heavy atom. The minimum Gasteiger partial charge on any atom is -0.426 e. The van der Waals surface area contributed by atoms with Crippen molar-refractivity contribution in [3.8, 4) is 5.75 Å². The van der Waals surface area contributed by atoms with Crippen molar-refractivity contribution in [1.82, 2.24) is 4.98 Å². The summed E-state index contributed by atoms with van der Waals surface area (Å²) in [7, 11) is 0. The Labute approximate surface area is 139 Å². The van der Waals surface area contributed by atoms with Crippen LogP contribution in [0.2, 0.25) is 0 Å². The second kappa shape index (κ2) is 5.85. The van der Waals surface area contributed by atoms with E-state index in [1.54, 1.807) is 0 Å². The van der Waals surface area contributed by atoms with Gasteiger partial charge < -0.3 is 9.72 Å². The molecule has 0 spiro atoms. The zero-order chi connectivity index (χ0) is 16.5. The fourth-order valence-corrected chi connectivity index (χ4v) is 3.22. The molecule has 118 valence electrons. The highest BCUT2D eigenvalue weighted by Gasteiger charge is 2.13. The van der Waals surface area contributed by atoms with Crippen molar-refractivity contribution in [2.24, 2.45) is 0 Å². The Balaban J connectivity index is 1.88. The van der Waals surface area contributed by atoms with Gasteiger partial charge >= 0.3 is 5.97 Å². The van der Waals surface area contributed by atoms with Crippen LogP contribution in [0.5, 0.6) is 5.75 Å². The number of H-pyrrole nitrogens is 1. The quantitative estimate of drug-likeness (QED) is 0.434. The highest BCUT2D eigenvalue weighted by atomic mass is 16.5. The Morgan fingerprint density at radius 1 is 0.958 bits per heavy atom. The predicted molar refractivity (Wildman–Crippen MR) is 96.4 cm³/mol. The molecule has 0 aliphatic rings. The average Bonchev–Trinajstić information content (AvgIpc) is 3.00. The van der Waals surface area contributed by atoms with E-state index in [1.165, 1.54) is 17.9 Å². The smallest absolute Gasteiger partial charge is 0.308 e. The lowest BCUT2D eigenvalue weighted by Gasteiger charge is -2.12. The first-order valence-electron chi connectivity index (χ1n) is 7.96. The van der Waals surface area contributed by atoms with Crippen molar-refractivity contribution in [2.45, 2.75) is 13.3 Å². The normalized spacial score (nSPS) is 11.0. The molecular formula is C21H17NO2. The van der Waals surface area contributed by atoms with Gasteiger partial charge in [0.1, 0.15) is 5.75 Å². The molecule has 0 radical (unpaired) electrons. The van der Waals surface area contributed by atoms with Crippen molar-refractivity contribution >= 4 is 27.6 Å². The largest absolute Gasteiger partial charge is 0.426 e. The third-order valence-electron chi connectivity index (χ3n) is 4.29. The molecule has 1 N–H and O–H groups in total. The van der Waals surface area contributed by atoms with Crippen LogP contribution in [-0.4, -0.2) is 11.0 Å². The molecule has 0 amide bonds. The van der Waals surface area contributed by atoms with Crippen LogP contribution in [0.15, 0.2) is 66.9 Å². The summed E-state index contributed by atoms with van der Waals surface area (Å²) in [5.41, 5.74) is 3.34. The van der Waals surface area contributed by atoms with E-state index in [9.17, 15) is 4.79 Å². The molecule has 0 saturated heterocycles. The van der Waals surface area contributed by atoms with Gasteiger partial charge in [-0.2, -0.15) is 0 Å². The minimum atomic E-state index is -0.301. The average molecular weight is 315 g/mol. The molecule has 3 heteroatoms. The molecule has 24 heavy (non-hydrogen) atoms. The summed E-state index contributed by atoms with van der Waals surface area (Å²) in [4.78, 5) is 14.8. The van der Waals surface area contributed by atoms with E-state index in [4.69, 9.17) is 4.74 Å². The summed E-state index contributed by atoms with van der Waals surface area (Å²) >= 11 is 0. The Kier molecular flexibility index (Phi) is 3.54. The number of aromatic nitrogens is 1. The van der Waals surface area contributed by atoms with Crippen molar-refractivity contribution in [3.05, 3.63) is 78.0 Å². The first-order chi connectivity index (χ1) is 11.7. The Morgan fingerprint density at radius 2 is 1.71 bits per heavy atom. The number of ether oxygens (including phenoxy) is 1. The molecular weight excluding hydrogens is 298 g/mol. The van der Waals surface area contributed by atoms with Crippen LogP contribution in [-0.2, 0) is 11.2 Å². The molecule has 4 rings (SSSR count). The maximum atomic E-state index is 11.5. The Bertz CT molecular complexity index is 1050. The van der Waals surface area contributed by atoms with Gasteiger partial charge in [-0.15, -0.1) is 0 Å². The number of esters is 1. The molecule has 1 aromatic heterocycles. The molecule has 0 unspecified atom stereocenters. The summed E-state index contributed by atoms with van der Waals surface area (Å²) in [5, 5.41) is 3.45. The maximum absolute atomic E-state index is 11.5. The van der Waals surface area contributed by atoms with E-state index in [1.807, 2.05) is 42.6 Å². The fraction of sp³-hybridized carbons (Fsp3) is 0.0952. The molecule has 3 nitrogen and oxygen atoms in total. The van der Waals surface area contributed by atoms with E-state index in [0.717, 1.165) is 21.9 Å². The summed E-state index contributed by atoms with van der Waals surface area (Å²) in [6.45, 7) is 1.44. The van der Waals surface area contributed by atoms with E-state index < -0.39 is 0 Å². The van der Waals surface area contributed by atoms with Crippen LogP contribution in [0.4, 0.5) is 0 Å². The lowest BCUT2D eigenvalue weighted by molar-refractivity contribution is -0.131. The van der Waals surface area contributed by atoms with Crippen LogP contribution in [0.3, 0.4) is 0 Å². The van der Waals surface area contributed by atoms with Gasteiger partial charge in [0, 0.05) is 36.0 Å². The molecule has 0 aliphatic carbocycles. The van der Waals surface area contributed by atoms with Gasteiger partial charge in [-0.1, -0.05) is 48.5 Å². The molecule has 4 aromatic rings. The van der Waals surface area contributed by atoms with Crippen LogP contribution in [0.25, 0.3) is 21.7 Å². The third-order valence-corrected chi connectivity index (χ3v) is 4.29. The molecule has 0 saturated carbocycles. The molecule has 0 aliphatic heterocycles. The number of hydrogen-bond donors (Lipinski definition) is 1. The third kappa shape index (κ3) is 2.54. The van der Waals surface area contributed by atoms with Crippen LogP contribution < -0.4 is 4.74 Å². The van der Waals surface area contributed by atoms with Gasteiger partial charge in [0.25, 0.3) is 0 Å². The topological polar surface area (TPSA) is 42.1 Å². The van der Waals surface area contributed by atoms with Gasteiger partial charge in [-0.25, -0.2) is 0 Å². The van der Waals surface area contributed by atoms with Crippen LogP contribution in [0.1, 0.15) is 18.1 Å². The first-order valence-corrected chi connectivity index (χ1v) is 7.96. The molecule has 0 fully saturated rings. The van der Waals surface area contributed by atoms with Gasteiger partial charge in [0.2, 0.25) is 0 Å². The summed E-state index contributed by atoms with van der Waals surface area (Å²) in [5.74, 6) is 0.330. The zero-order valence-corrected chi connectivity index (χ0v) is 13.4. The highest BCUT2D eigenvalue weighted by Crippen LogP contribution is 2.32. The van der Waals surface area contributed by atoms with Crippen molar-refractivity contribution in [2.75, 3.05) is 0 Å². The number of rotatable bonds is 3. The number of carbonyl (C=O) groups is 1. The number of fused-ring (bicyclic) bond motifs is 2. The number of benzene rings is 3. The summed E-state index contributed by atoms with van der Waals surface area (Å²) in [6.07, 6.45) is 2.73. The summed E-state index contributed by atoms with van der Waals surface area (Å²) < 4.78 is 5.47. The number of carbonyl (C=O) groups excluding carboxylic acids is 1. The van der Waals surface area contributed by atoms with E-state index in [2.05, 4.69) is 29.2 Å².